The monoisotopic (exact) mass is 644 g/mol. The highest BCUT2D eigenvalue weighted by molar-refractivity contribution is 6.35. The third-order valence-corrected chi connectivity index (χ3v) is 7.55. The molecule has 5 rings (SSSR count). The molecule has 1 atom stereocenters. The van der Waals surface area contributed by atoms with Gasteiger partial charge in [-0.05, 0) is 73.5 Å². The molecule has 1 heterocycles. The maximum Gasteiger partial charge on any atom is 0.343 e. The molecule has 0 amide bonds. The number of carbonyl (C=O) groups excluding carboxylic acids is 1. The van der Waals surface area contributed by atoms with Gasteiger partial charge in [-0.15, -0.1) is 0 Å². The Morgan fingerprint density at radius 2 is 1.69 bits per heavy atom. The number of rotatable bonds is 11. The van der Waals surface area contributed by atoms with Crippen molar-refractivity contribution in [3.05, 3.63) is 123 Å². The zero-order valence-electron chi connectivity index (χ0n) is 24.6. The van der Waals surface area contributed by atoms with Crippen molar-refractivity contribution in [3.63, 3.8) is 0 Å². The number of hydrogen-bond donors (Lipinski definition) is 1. The Labute approximate surface area is 271 Å². The van der Waals surface area contributed by atoms with Crippen LogP contribution in [0, 0.1) is 11.3 Å². The summed E-state index contributed by atoms with van der Waals surface area (Å²) in [5.41, 5.74) is 8.99. The van der Waals surface area contributed by atoms with Crippen LogP contribution in [0.4, 0.5) is 0 Å². The fourth-order valence-corrected chi connectivity index (χ4v) is 5.26. The molecule has 0 bridgehead atoms. The molecular formula is C35H30Cl2N2O6. The Morgan fingerprint density at radius 3 is 2.40 bits per heavy atom. The van der Waals surface area contributed by atoms with Crippen molar-refractivity contribution >= 4 is 29.2 Å². The van der Waals surface area contributed by atoms with Gasteiger partial charge in [-0.2, -0.15) is 5.26 Å². The van der Waals surface area contributed by atoms with Crippen LogP contribution in [-0.4, -0.2) is 19.2 Å². The van der Waals surface area contributed by atoms with Gasteiger partial charge in [-0.1, -0.05) is 48.3 Å². The quantitative estimate of drug-likeness (QED) is 0.128. The Morgan fingerprint density at radius 1 is 0.911 bits per heavy atom. The Hall–Kier alpha value is -4.84. The smallest absolute Gasteiger partial charge is 0.343 e. The second-order valence-corrected chi connectivity index (χ2v) is 10.9. The molecule has 0 saturated carbocycles. The lowest BCUT2D eigenvalue weighted by Gasteiger charge is -2.27. The zero-order chi connectivity index (χ0) is 31.9. The lowest BCUT2D eigenvalue weighted by atomic mass is 9.83. The van der Waals surface area contributed by atoms with E-state index in [9.17, 15) is 10.1 Å². The van der Waals surface area contributed by atoms with Gasteiger partial charge >= 0.3 is 5.97 Å². The van der Waals surface area contributed by atoms with Crippen molar-refractivity contribution in [1.29, 1.82) is 5.26 Å². The minimum absolute atomic E-state index is 0.0446. The molecule has 4 aromatic carbocycles. The Kier molecular flexibility index (Phi) is 10.0. The first-order valence-corrected chi connectivity index (χ1v) is 15.1. The summed E-state index contributed by atoms with van der Waals surface area (Å²) in [4.78, 5) is 12.8. The number of nitriles is 1. The van der Waals surface area contributed by atoms with Gasteiger partial charge in [0, 0.05) is 27.2 Å². The minimum atomic E-state index is -0.571. The molecule has 0 spiro atoms. The average Bonchev–Trinajstić information content (AvgIpc) is 3.03. The summed E-state index contributed by atoms with van der Waals surface area (Å²) in [6, 6.07) is 24.5. The van der Waals surface area contributed by atoms with Crippen molar-refractivity contribution in [3.8, 4) is 34.8 Å². The first-order valence-electron chi connectivity index (χ1n) is 14.3. The molecule has 4 aromatic rings. The van der Waals surface area contributed by atoms with E-state index >= 15 is 0 Å². The summed E-state index contributed by atoms with van der Waals surface area (Å²) in [5.74, 6) is 1.13. The summed E-state index contributed by atoms with van der Waals surface area (Å²) in [7, 11) is 0. The molecule has 1 unspecified atom stereocenters. The normalized spacial score (nSPS) is 13.7. The molecule has 1 aliphatic heterocycles. The molecule has 0 radical (unpaired) electrons. The van der Waals surface area contributed by atoms with Crippen LogP contribution < -0.4 is 29.4 Å². The van der Waals surface area contributed by atoms with E-state index in [2.05, 4.69) is 6.07 Å². The van der Waals surface area contributed by atoms with E-state index in [1.54, 1.807) is 66.7 Å². The second-order valence-electron chi connectivity index (χ2n) is 10.1. The van der Waals surface area contributed by atoms with Gasteiger partial charge in [0.05, 0.1) is 24.7 Å². The van der Waals surface area contributed by atoms with Gasteiger partial charge in [0.1, 0.15) is 35.5 Å². The molecule has 10 heteroatoms. The number of ether oxygens (including phenoxy) is 5. The van der Waals surface area contributed by atoms with Gasteiger partial charge in [0.25, 0.3) is 0 Å². The highest BCUT2D eigenvalue weighted by Crippen LogP contribution is 2.45. The van der Waals surface area contributed by atoms with Gasteiger partial charge in [-0.25, -0.2) is 4.79 Å². The SMILES string of the molecule is CCCOc1ccc(C(=O)Oc2ccc3c(c2)OC(N)=C(C#N)C3c2ccc(OCc3ccc(Cl)cc3Cl)c(OCC)c2)cc1. The third-order valence-electron chi connectivity index (χ3n) is 6.96. The molecule has 0 saturated heterocycles. The highest BCUT2D eigenvalue weighted by atomic mass is 35.5. The first kappa shape index (κ1) is 31.6. The number of nitrogens with two attached hydrogens (primary N) is 1. The molecule has 0 aliphatic carbocycles. The molecular weight excluding hydrogens is 615 g/mol. The number of fused-ring (bicyclic) bond motifs is 1. The summed E-state index contributed by atoms with van der Waals surface area (Å²) >= 11 is 12.3. The standard InChI is InChI=1S/C35H30Cl2N2O6/c1-3-15-42-25-10-6-21(7-11-25)35(40)44-26-12-13-27-31(18-26)45-34(39)28(19-38)33(27)22-8-14-30(32(16-22)41-4-2)43-20-23-5-9-24(36)17-29(23)37/h5-14,16-18,33H,3-4,15,20,39H2,1-2H3. The number of nitrogens with zero attached hydrogens (tertiary/aromatic N) is 1. The van der Waals surface area contributed by atoms with E-state index in [4.69, 9.17) is 52.6 Å². The van der Waals surface area contributed by atoms with Crippen LogP contribution in [0.5, 0.6) is 28.7 Å². The van der Waals surface area contributed by atoms with Crippen LogP contribution in [0.25, 0.3) is 0 Å². The summed E-state index contributed by atoms with van der Waals surface area (Å²) < 4.78 is 29.0. The molecule has 8 nitrogen and oxygen atoms in total. The Bertz CT molecular complexity index is 1780. The molecule has 2 N–H and O–H groups in total. The molecule has 0 fully saturated rings. The van der Waals surface area contributed by atoms with E-state index in [0.717, 1.165) is 17.5 Å². The van der Waals surface area contributed by atoms with Crippen LogP contribution in [0.3, 0.4) is 0 Å². The van der Waals surface area contributed by atoms with E-state index in [1.165, 1.54) is 0 Å². The van der Waals surface area contributed by atoms with Crippen molar-refractivity contribution in [2.24, 2.45) is 5.73 Å². The predicted molar refractivity (Wildman–Crippen MR) is 171 cm³/mol. The number of allylic oxidation sites excluding steroid dienone is 1. The molecule has 1 aliphatic rings. The van der Waals surface area contributed by atoms with Crippen LogP contribution in [0.2, 0.25) is 10.0 Å². The predicted octanol–water partition coefficient (Wildman–Crippen LogP) is 8.20. The zero-order valence-corrected chi connectivity index (χ0v) is 26.2. The number of hydrogen-bond acceptors (Lipinski definition) is 8. The van der Waals surface area contributed by atoms with E-state index in [-0.39, 0.29) is 23.8 Å². The van der Waals surface area contributed by atoms with Crippen LogP contribution in [0.1, 0.15) is 53.2 Å². The lowest BCUT2D eigenvalue weighted by Crippen LogP contribution is -2.21. The average molecular weight is 646 g/mol. The fourth-order valence-electron chi connectivity index (χ4n) is 4.80. The topological polar surface area (TPSA) is 113 Å². The van der Waals surface area contributed by atoms with Gasteiger partial charge in [-0.3, -0.25) is 0 Å². The van der Waals surface area contributed by atoms with Crippen molar-refractivity contribution in [2.45, 2.75) is 32.8 Å². The molecule has 0 aromatic heterocycles. The minimum Gasteiger partial charge on any atom is -0.494 e. The fraction of sp³-hybridized carbons (Fsp3) is 0.200. The summed E-state index contributed by atoms with van der Waals surface area (Å²) in [6.07, 6.45) is 0.884. The summed E-state index contributed by atoms with van der Waals surface area (Å²) in [6.45, 7) is 5.07. The van der Waals surface area contributed by atoms with Crippen molar-refractivity contribution < 1.29 is 28.5 Å². The molecule has 230 valence electrons. The maximum atomic E-state index is 12.8. The van der Waals surface area contributed by atoms with Gasteiger partial charge in [0.2, 0.25) is 5.88 Å². The van der Waals surface area contributed by atoms with E-state index < -0.39 is 11.9 Å². The number of esters is 1. The first-order chi connectivity index (χ1) is 21.8. The van der Waals surface area contributed by atoms with Crippen LogP contribution >= 0.6 is 23.2 Å². The van der Waals surface area contributed by atoms with E-state index in [0.29, 0.717) is 57.4 Å². The van der Waals surface area contributed by atoms with Gasteiger partial charge in [0.15, 0.2) is 11.5 Å². The van der Waals surface area contributed by atoms with E-state index in [1.807, 2.05) is 26.0 Å². The maximum absolute atomic E-state index is 12.8. The lowest BCUT2D eigenvalue weighted by molar-refractivity contribution is 0.0734. The summed E-state index contributed by atoms with van der Waals surface area (Å²) in [5, 5.41) is 11.1. The van der Waals surface area contributed by atoms with Crippen LogP contribution in [-0.2, 0) is 6.61 Å². The highest BCUT2D eigenvalue weighted by Gasteiger charge is 2.32. The molecule has 45 heavy (non-hydrogen) atoms. The number of halogens is 2. The van der Waals surface area contributed by atoms with Gasteiger partial charge < -0.3 is 29.4 Å². The number of benzene rings is 4. The van der Waals surface area contributed by atoms with Crippen molar-refractivity contribution in [2.75, 3.05) is 13.2 Å². The number of carbonyl (C=O) groups is 1. The second kappa shape index (κ2) is 14.3. The van der Waals surface area contributed by atoms with Crippen LogP contribution in [0.15, 0.2) is 90.3 Å². The largest absolute Gasteiger partial charge is 0.494 e. The van der Waals surface area contributed by atoms with Crippen molar-refractivity contribution in [1.82, 2.24) is 0 Å². The Balaban J connectivity index is 1.40. The third kappa shape index (κ3) is 7.28.